The Morgan fingerprint density at radius 2 is 2.15 bits per heavy atom. The van der Waals surface area contributed by atoms with Crippen molar-refractivity contribution in [2.75, 3.05) is 37.7 Å². The highest BCUT2D eigenvalue weighted by Crippen LogP contribution is 2.27. The molecule has 0 bridgehead atoms. The third-order valence-electron chi connectivity index (χ3n) is 3.46. The Balaban J connectivity index is 1.97. The van der Waals surface area contributed by atoms with Gasteiger partial charge in [0.2, 0.25) is 0 Å². The third kappa shape index (κ3) is 4.65. The molecule has 0 unspecified atom stereocenters. The van der Waals surface area contributed by atoms with Crippen LogP contribution < -0.4 is 10.2 Å². The van der Waals surface area contributed by atoms with Crippen LogP contribution in [0.1, 0.15) is 25.8 Å². The Morgan fingerprint density at radius 3 is 2.90 bits per heavy atom. The first-order valence-corrected chi connectivity index (χ1v) is 7.86. The summed E-state index contributed by atoms with van der Waals surface area (Å²) < 4.78 is 5.49. The molecule has 1 fully saturated rings. The third-order valence-corrected chi connectivity index (χ3v) is 3.76. The van der Waals surface area contributed by atoms with Crippen molar-refractivity contribution in [3.8, 4) is 0 Å². The van der Waals surface area contributed by atoms with E-state index in [4.69, 9.17) is 16.3 Å². The van der Waals surface area contributed by atoms with E-state index in [9.17, 15) is 0 Å². The van der Waals surface area contributed by atoms with Gasteiger partial charge in [0.1, 0.15) is 0 Å². The van der Waals surface area contributed by atoms with Crippen LogP contribution in [-0.4, -0.2) is 32.8 Å². The zero-order chi connectivity index (χ0) is 14.4. The summed E-state index contributed by atoms with van der Waals surface area (Å²) in [6.07, 6.45) is 1.06. The topological polar surface area (TPSA) is 24.5 Å². The Kier molecular flexibility index (Phi) is 6.14. The quantitative estimate of drug-likeness (QED) is 0.902. The molecule has 1 aliphatic heterocycles. The number of hydrogen-bond donors (Lipinski definition) is 1. The molecule has 1 heterocycles. The Bertz CT molecular complexity index is 415. The van der Waals surface area contributed by atoms with Gasteiger partial charge < -0.3 is 15.0 Å². The first kappa shape index (κ1) is 15.6. The molecule has 1 saturated heterocycles. The van der Waals surface area contributed by atoms with Crippen molar-refractivity contribution >= 4 is 17.3 Å². The summed E-state index contributed by atoms with van der Waals surface area (Å²) in [5.74, 6) is 0.668. The van der Waals surface area contributed by atoms with Gasteiger partial charge in [-0.2, -0.15) is 0 Å². The van der Waals surface area contributed by atoms with Crippen molar-refractivity contribution in [3.05, 3.63) is 28.8 Å². The van der Waals surface area contributed by atoms with Crippen molar-refractivity contribution in [1.82, 2.24) is 5.32 Å². The minimum absolute atomic E-state index is 0.668. The summed E-state index contributed by atoms with van der Waals surface area (Å²) in [6.45, 7) is 9.91. The summed E-state index contributed by atoms with van der Waals surface area (Å²) in [5.41, 5.74) is 2.37. The maximum atomic E-state index is 6.45. The minimum atomic E-state index is 0.668. The number of anilines is 1. The highest BCUT2D eigenvalue weighted by atomic mass is 35.5. The molecule has 0 amide bonds. The van der Waals surface area contributed by atoms with Crippen LogP contribution in [0, 0.1) is 5.92 Å². The zero-order valence-electron chi connectivity index (χ0n) is 12.5. The van der Waals surface area contributed by atoms with Crippen molar-refractivity contribution in [1.29, 1.82) is 0 Å². The van der Waals surface area contributed by atoms with E-state index in [0.717, 1.165) is 56.5 Å². The summed E-state index contributed by atoms with van der Waals surface area (Å²) in [7, 11) is 0. The second kappa shape index (κ2) is 7.87. The van der Waals surface area contributed by atoms with Crippen molar-refractivity contribution in [3.63, 3.8) is 0 Å². The predicted octanol–water partition coefficient (Wildman–Crippen LogP) is 3.31. The highest BCUT2D eigenvalue weighted by molar-refractivity contribution is 6.33. The molecule has 3 nitrogen and oxygen atoms in total. The molecule has 1 N–H and O–H groups in total. The van der Waals surface area contributed by atoms with E-state index in [1.165, 1.54) is 5.56 Å². The molecule has 0 aliphatic carbocycles. The van der Waals surface area contributed by atoms with Gasteiger partial charge in [0.25, 0.3) is 0 Å². The molecule has 20 heavy (non-hydrogen) atoms. The molecule has 0 saturated carbocycles. The van der Waals surface area contributed by atoms with Crippen molar-refractivity contribution in [2.24, 2.45) is 5.92 Å². The molecule has 4 heteroatoms. The fourth-order valence-electron chi connectivity index (χ4n) is 2.41. The van der Waals surface area contributed by atoms with E-state index >= 15 is 0 Å². The van der Waals surface area contributed by atoms with Gasteiger partial charge in [0.05, 0.1) is 17.3 Å². The molecule has 0 atom stereocenters. The predicted molar refractivity (Wildman–Crippen MR) is 85.6 cm³/mol. The monoisotopic (exact) mass is 296 g/mol. The van der Waals surface area contributed by atoms with E-state index in [1.807, 2.05) is 0 Å². The second-order valence-corrected chi connectivity index (χ2v) is 6.17. The molecule has 0 radical (unpaired) electrons. The SMILES string of the molecule is CC(C)CNCc1ccc(N2CCCOCC2)c(Cl)c1. The first-order chi connectivity index (χ1) is 9.66. The first-order valence-electron chi connectivity index (χ1n) is 7.48. The van der Waals surface area contributed by atoms with Crippen LogP contribution in [0.25, 0.3) is 0 Å². The van der Waals surface area contributed by atoms with Crippen LogP contribution in [0.2, 0.25) is 5.02 Å². The number of rotatable bonds is 5. The molecule has 0 spiro atoms. The van der Waals surface area contributed by atoms with Crippen molar-refractivity contribution in [2.45, 2.75) is 26.8 Å². The molecular formula is C16H25ClN2O. The molecule has 1 aromatic rings. The van der Waals surface area contributed by atoms with Crippen molar-refractivity contribution < 1.29 is 4.74 Å². The Morgan fingerprint density at radius 1 is 1.30 bits per heavy atom. The number of halogens is 1. The molecule has 112 valence electrons. The normalized spacial score (nSPS) is 16.5. The average molecular weight is 297 g/mol. The second-order valence-electron chi connectivity index (χ2n) is 5.76. The summed E-state index contributed by atoms with van der Waals surface area (Å²) in [5, 5.41) is 4.29. The fourth-order valence-corrected chi connectivity index (χ4v) is 2.73. The number of ether oxygens (including phenoxy) is 1. The highest BCUT2D eigenvalue weighted by Gasteiger charge is 2.13. The summed E-state index contributed by atoms with van der Waals surface area (Å²) in [6, 6.07) is 6.39. The van der Waals surface area contributed by atoms with Gasteiger partial charge in [-0.1, -0.05) is 31.5 Å². The lowest BCUT2D eigenvalue weighted by Gasteiger charge is -2.23. The lowest BCUT2D eigenvalue weighted by atomic mass is 10.1. The van der Waals surface area contributed by atoms with Gasteiger partial charge in [-0.25, -0.2) is 0 Å². The maximum Gasteiger partial charge on any atom is 0.0642 e. The van der Waals surface area contributed by atoms with Gasteiger partial charge in [0.15, 0.2) is 0 Å². The van der Waals surface area contributed by atoms with Gasteiger partial charge in [-0.3, -0.25) is 0 Å². The standard InChI is InChI=1S/C16H25ClN2O/c1-13(2)11-18-12-14-4-5-16(15(17)10-14)19-6-3-8-20-9-7-19/h4-5,10,13,18H,3,6-9,11-12H2,1-2H3. The van der Waals surface area contributed by atoms with E-state index in [2.05, 4.69) is 42.3 Å². The zero-order valence-corrected chi connectivity index (χ0v) is 13.2. The summed E-state index contributed by atoms with van der Waals surface area (Å²) in [4.78, 5) is 2.32. The van der Waals surface area contributed by atoms with Gasteiger partial charge in [-0.05, 0) is 36.6 Å². The molecule has 2 rings (SSSR count). The van der Waals surface area contributed by atoms with Crippen LogP contribution >= 0.6 is 11.6 Å². The lowest BCUT2D eigenvalue weighted by Crippen LogP contribution is -2.26. The molecular weight excluding hydrogens is 272 g/mol. The maximum absolute atomic E-state index is 6.45. The van der Waals surface area contributed by atoms with Crippen LogP contribution in [0.15, 0.2) is 18.2 Å². The van der Waals surface area contributed by atoms with Gasteiger partial charge in [-0.15, -0.1) is 0 Å². The number of hydrogen-bond acceptors (Lipinski definition) is 3. The van der Waals surface area contributed by atoms with Crippen LogP contribution in [0.5, 0.6) is 0 Å². The number of benzene rings is 1. The van der Waals surface area contributed by atoms with Crippen LogP contribution in [0.4, 0.5) is 5.69 Å². The molecule has 1 aromatic carbocycles. The van der Waals surface area contributed by atoms with E-state index in [0.29, 0.717) is 5.92 Å². The Labute approximate surface area is 127 Å². The van der Waals surface area contributed by atoms with Crippen LogP contribution in [-0.2, 0) is 11.3 Å². The largest absolute Gasteiger partial charge is 0.380 e. The van der Waals surface area contributed by atoms with E-state index in [-0.39, 0.29) is 0 Å². The van der Waals surface area contributed by atoms with Gasteiger partial charge in [0, 0.05) is 26.2 Å². The fraction of sp³-hybridized carbons (Fsp3) is 0.625. The Hall–Kier alpha value is -0.770. The van der Waals surface area contributed by atoms with E-state index in [1.54, 1.807) is 0 Å². The minimum Gasteiger partial charge on any atom is -0.380 e. The van der Waals surface area contributed by atoms with Crippen LogP contribution in [0.3, 0.4) is 0 Å². The van der Waals surface area contributed by atoms with E-state index < -0.39 is 0 Å². The molecule has 1 aliphatic rings. The van der Waals surface area contributed by atoms with Gasteiger partial charge >= 0.3 is 0 Å². The lowest BCUT2D eigenvalue weighted by molar-refractivity contribution is 0.152. The number of nitrogens with zero attached hydrogens (tertiary/aromatic N) is 1. The smallest absolute Gasteiger partial charge is 0.0642 e. The average Bonchev–Trinajstić information content (AvgIpc) is 2.67. The summed E-state index contributed by atoms with van der Waals surface area (Å²) >= 11 is 6.45. The molecule has 0 aromatic heterocycles. The number of nitrogens with one attached hydrogen (secondary N) is 1.